The van der Waals surface area contributed by atoms with Crippen molar-refractivity contribution in [2.24, 2.45) is 0 Å². The first-order valence-electron chi connectivity index (χ1n) is 35.6. The average molecular weight is 2020 g/mol. The topological polar surface area (TPSA) is 18.5 Å². The summed E-state index contributed by atoms with van der Waals surface area (Å²) in [6.45, 7) is 4.30. The molecule has 0 unspecified atom stereocenters. The number of halogens is 40. The predicted octanol–water partition coefficient (Wildman–Crippen LogP) is 22.5. The molecule has 696 valence electrons. The lowest BCUT2D eigenvalue weighted by atomic mass is 9.12. The number of hydrogen-bond acceptors (Lipinski definition) is 5. The number of thiophene rings is 2. The minimum absolute atomic E-state index is 0.137. The van der Waals surface area contributed by atoms with Crippen molar-refractivity contribution in [2.75, 3.05) is 14.2 Å². The Morgan fingerprint density at radius 1 is 0.188 bits per heavy atom. The Hall–Kier alpha value is -12.0. The van der Waals surface area contributed by atoms with E-state index in [-0.39, 0.29) is 21.8 Å². The Kier molecular flexibility index (Phi) is 28.7. The lowest BCUT2D eigenvalue weighted by molar-refractivity contribution is 0.377. The Labute approximate surface area is 734 Å². The quantitative estimate of drug-likeness (QED) is 0.0280. The van der Waals surface area contributed by atoms with Crippen LogP contribution in [0.15, 0.2) is 158 Å². The molecule has 0 aliphatic rings. The van der Waals surface area contributed by atoms with E-state index < -0.39 is 289 Å². The summed E-state index contributed by atoms with van der Waals surface area (Å²) < 4.78 is 604. The van der Waals surface area contributed by atoms with Gasteiger partial charge in [0.15, 0.2) is 159 Å². The second kappa shape index (κ2) is 38.2. The number of hydrogen-bond donors (Lipinski definition) is 0. The van der Waals surface area contributed by atoms with E-state index in [9.17, 15) is 105 Å². The van der Waals surface area contributed by atoms with Crippen LogP contribution in [-0.4, -0.2) is 26.5 Å². The van der Waals surface area contributed by atoms with Gasteiger partial charge in [0, 0.05) is 12.1 Å². The van der Waals surface area contributed by atoms with E-state index in [1.807, 2.05) is 34.4 Å². The van der Waals surface area contributed by atoms with E-state index in [1.54, 1.807) is 14.2 Å². The summed E-state index contributed by atoms with van der Waals surface area (Å²) in [6.07, 6.45) is -14.4. The SMILES string of the molecule is COc1ccc([S+](c2ccc(OC)cc2)c2ccc(Sc3ccc([S+](c4ccc(C)cc4)c4ccc(C)cc4)s3)s2)cc1.Fc1c(F)c(F)c([B-](c2c(F)c(F)c(F)c(F)c2F)(c2c(F)c(F)c(F)c(F)c2F)c2c(F)c(F)c(F)c(F)c2F)c(F)c1F.Fc1c(F)c(F)c([B-](c2c(F)c(F)c(F)c(F)c2F)(c2c(F)c(F)c(F)c(F)c2F)c2c(F)c(F)c(F)c(F)c2F)c(F)c1F. The fourth-order valence-corrected chi connectivity index (χ4v) is 23.5. The Bertz CT molecular complexity index is 5890. The largest absolute Gasteiger partial charge is 0.497 e. The van der Waals surface area contributed by atoms with E-state index in [4.69, 9.17) is 9.47 Å². The summed E-state index contributed by atoms with van der Waals surface area (Å²) in [5.74, 6) is -141. The summed E-state index contributed by atoms with van der Waals surface area (Å²) in [7, 11) is 3.05. The zero-order chi connectivity index (χ0) is 98.5. The normalized spacial score (nSPS) is 11.8. The van der Waals surface area contributed by atoms with Crippen molar-refractivity contribution in [1.82, 2.24) is 0 Å². The van der Waals surface area contributed by atoms with Gasteiger partial charge < -0.3 is 9.47 Å². The van der Waals surface area contributed by atoms with Gasteiger partial charge in [-0.1, -0.05) is 69.8 Å². The molecule has 0 radical (unpaired) electrons. The van der Waals surface area contributed by atoms with Crippen LogP contribution >= 0.6 is 34.4 Å². The first-order valence-corrected chi connectivity index (χ1v) is 40.5. The number of methoxy groups -OCH3 is 2. The van der Waals surface area contributed by atoms with Gasteiger partial charge in [0.2, 0.25) is 8.42 Å². The van der Waals surface area contributed by atoms with E-state index in [2.05, 4.69) is 135 Å². The van der Waals surface area contributed by atoms with Gasteiger partial charge in [-0.25, -0.2) is 176 Å². The molecule has 2 aromatic heterocycles. The number of rotatable bonds is 18. The van der Waals surface area contributed by atoms with Gasteiger partial charge in [-0.15, -0.1) is 43.7 Å². The minimum Gasteiger partial charge on any atom is -0.497 e. The maximum atomic E-state index is 15.4. The maximum Gasteiger partial charge on any atom is 0.221 e. The lowest BCUT2D eigenvalue weighted by Gasteiger charge is -2.44. The van der Waals surface area contributed by atoms with Crippen molar-refractivity contribution in [3.05, 3.63) is 365 Å². The molecular formula is C84H32B2F40O2S5. The highest BCUT2D eigenvalue weighted by Gasteiger charge is 2.56. The van der Waals surface area contributed by atoms with Crippen LogP contribution in [0, 0.1) is 247 Å². The van der Waals surface area contributed by atoms with Crippen molar-refractivity contribution in [1.29, 1.82) is 0 Å². The smallest absolute Gasteiger partial charge is 0.221 e. The van der Waals surface area contributed by atoms with Gasteiger partial charge in [-0.2, -0.15) is 0 Å². The highest BCUT2D eigenvalue weighted by molar-refractivity contribution is 8.04. The second-order valence-corrected chi connectivity index (χ2v) is 35.7. The third-order valence-corrected chi connectivity index (χ3v) is 28.8. The van der Waals surface area contributed by atoms with Crippen molar-refractivity contribution < 1.29 is 185 Å². The van der Waals surface area contributed by atoms with Gasteiger partial charge in [-0.3, -0.25) is 0 Å². The molecule has 0 N–H and O–H groups in total. The van der Waals surface area contributed by atoms with E-state index in [0.29, 0.717) is 0 Å². The lowest BCUT2D eigenvalue weighted by Crippen LogP contribution is -2.81. The molecule has 49 heteroatoms. The van der Waals surface area contributed by atoms with Crippen molar-refractivity contribution in [3.8, 4) is 11.5 Å². The minimum atomic E-state index is -7.22. The van der Waals surface area contributed by atoms with Crippen LogP contribution in [0.2, 0.25) is 0 Å². The zero-order valence-corrected chi connectivity index (χ0v) is 68.8. The standard InChI is InChI=1S/C36H32O2S5.2C24BF20/c1-25-5-13-29(14-6-25)42(30-15-7-26(2)8-16-30)35-23-21-33(40-35)39-34-22-24-36(41-34)43(31-17-9-27(37-3)10-18-31)32-19-11-28(38-4)12-20-32;2*26-5-1(6(27)14(35)21(42)13(5)34)25(2-7(28)15(36)22(43)16(37)8(2)29,3-9(30)17(38)23(44)18(39)10(3)31)4-11(32)19(40)24(45)20(41)12(4)33/h5-24H,1-4H3;;/q+2;2*-1. The summed E-state index contributed by atoms with van der Waals surface area (Å²) in [6, 6.07) is 44.2. The molecule has 0 aliphatic carbocycles. The number of aryl methyl sites for hydroxylation is 2. The average Bonchev–Trinajstić information content (AvgIpc) is 1.22. The number of ether oxygens (including phenoxy) is 2. The molecule has 14 rings (SSSR count). The fraction of sp³-hybridized carbons (Fsp3) is 0.0476. The van der Waals surface area contributed by atoms with Gasteiger partial charge in [0.05, 0.1) is 22.6 Å². The predicted molar refractivity (Wildman–Crippen MR) is 404 cm³/mol. The van der Waals surface area contributed by atoms with E-state index in [1.165, 1.54) is 47.5 Å². The Morgan fingerprint density at radius 3 is 0.466 bits per heavy atom. The van der Waals surface area contributed by atoms with E-state index in [0.717, 1.165) is 11.5 Å². The molecule has 0 saturated heterocycles. The van der Waals surface area contributed by atoms with Gasteiger partial charge in [0.1, 0.15) is 139 Å². The van der Waals surface area contributed by atoms with Crippen molar-refractivity contribution in [2.45, 2.75) is 50.3 Å². The monoisotopic (exact) mass is 2010 g/mol. The van der Waals surface area contributed by atoms with Crippen molar-refractivity contribution >= 4 is 112 Å². The maximum absolute atomic E-state index is 15.4. The Morgan fingerprint density at radius 2 is 0.323 bits per heavy atom. The van der Waals surface area contributed by atoms with Crippen LogP contribution in [0.25, 0.3) is 0 Å². The van der Waals surface area contributed by atoms with Crippen LogP contribution in [0.4, 0.5) is 176 Å². The zero-order valence-electron chi connectivity index (χ0n) is 64.7. The van der Waals surface area contributed by atoms with Gasteiger partial charge in [-0.05, 0) is 98.8 Å². The van der Waals surface area contributed by atoms with Crippen LogP contribution in [-0.2, 0) is 21.8 Å². The summed E-state index contributed by atoms with van der Waals surface area (Å²) >= 11 is 5.66. The van der Waals surface area contributed by atoms with Crippen LogP contribution in [0.1, 0.15) is 11.1 Å². The molecule has 2 nitrogen and oxygen atoms in total. The molecule has 0 spiro atoms. The first-order chi connectivity index (χ1) is 62.4. The molecule has 133 heavy (non-hydrogen) atoms. The van der Waals surface area contributed by atoms with E-state index >= 15 is 70.2 Å². The van der Waals surface area contributed by atoms with Crippen LogP contribution in [0.5, 0.6) is 11.5 Å². The third-order valence-electron chi connectivity index (χ3n) is 20.2. The van der Waals surface area contributed by atoms with Gasteiger partial charge >= 0.3 is 0 Å². The summed E-state index contributed by atoms with van der Waals surface area (Å²) in [5.41, 5.74) is -26.1. The molecule has 14 aromatic rings. The summed E-state index contributed by atoms with van der Waals surface area (Å²) in [4.78, 5) is 5.25. The molecule has 0 aliphatic heterocycles. The molecule has 2 heterocycles. The first kappa shape index (κ1) is 100. The molecule has 0 fully saturated rings. The highest BCUT2D eigenvalue weighted by Crippen LogP contribution is 2.46. The van der Waals surface area contributed by atoms with Crippen molar-refractivity contribution in [3.63, 3.8) is 0 Å². The number of benzene rings is 12. The fourth-order valence-electron chi connectivity index (χ4n) is 14.3. The Balaban J connectivity index is 0.000000180. The third kappa shape index (κ3) is 16.5. The summed E-state index contributed by atoms with van der Waals surface area (Å²) in [5, 5.41) is 0. The highest BCUT2D eigenvalue weighted by atomic mass is 32.2. The molecular weight excluding hydrogens is 1980 g/mol. The molecule has 0 atom stereocenters. The van der Waals surface area contributed by atoms with Crippen LogP contribution in [0.3, 0.4) is 0 Å². The van der Waals surface area contributed by atoms with Crippen LogP contribution < -0.4 is 53.2 Å². The molecule has 12 aromatic carbocycles. The van der Waals surface area contributed by atoms with Gasteiger partial charge in [0.25, 0.3) is 0 Å². The molecule has 0 amide bonds. The molecule has 0 saturated carbocycles. The molecule has 0 bridgehead atoms. The second-order valence-electron chi connectivity index (χ2n) is 27.4.